The van der Waals surface area contributed by atoms with Gasteiger partial charge in [-0.3, -0.25) is 9.59 Å². The lowest BCUT2D eigenvalue weighted by molar-refractivity contribution is -0.143. The monoisotopic (exact) mass is 485 g/mol. The highest BCUT2D eigenvalue weighted by molar-refractivity contribution is 7.92. The van der Waals surface area contributed by atoms with Gasteiger partial charge < -0.3 is 9.64 Å². The van der Waals surface area contributed by atoms with E-state index in [9.17, 15) is 26.8 Å². The second-order valence-corrected chi connectivity index (χ2v) is 10.2. The molecule has 0 aliphatic carbocycles. The van der Waals surface area contributed by atoms with Crippen molar-refractivity contribution in [2.75, 3.05) is 20.2 Å². The predicted molar refractivity (Wildman–Crippen MR) is 114 cm³/mol. The summed E-state index contributed by atoms with van der Waals surface area (Å²) in [5.74, 6) is -2.47. The first-order chi connectivity index (χ1) is 15.1. The molecule has 172 valence electrons. The van der Waals surface area contributed by atoms with Crippen LogP contribution in [0.2, 0.25) is 5.02 Å². The van der Waals surface area contributed by atoms with Crippen LogP contribution in [0, 0.1) is 11.6 Å². The maximum absolute atomic E-state index is 14.8. The average molecular weight is 486 g/mol. The number of benzene rings is 2. The summed E-state index contributed by atoms with van der Waals surface area (Å²) in [6, 6.07) is 8.20. The Morgan fingerprint density at radius 2 is 1.69 bits per heavy atom. The van der Waals surface area contributed by atoms with Crippen LogP contribution in [0.5, 0.6) is 0 Å². The summed E-state index contributed by atoms with van der Waals surface area (Å²) >= 11 is 5.88. The fourth-order valence-corrected chi connectivity index (χ4v) is 6.19. The second kappa shape index (κ2) is 9.54. The third-order valence-electron chi connectivity index (χ3n) is 5.75. The Bertz CT molecular complexity index is 1110. The number of esters is 1. The van der Waals surface area contributed by atoms with Crippen LogP contribution in [0.15, 0.2) is 47.4 Å². The molecule has 1 fully saturated rings. The van der Waals surface area contributed by atoms with Crippen molar-refractivity contribution in [3.63, 3.8) is 0 Å². The molecule has 1 aliphatic heterocycles. The normalized spacial score (nSPS) is 15.9. The Morgan fingerprint density at radius 3 is 2.28 bits per heavy atom. The molecule has 2 aromatic rings. The molecule has 1 amide bonds. The van der Waals surface area contributed by atoms with Gasteiger partial charge in [0.05, 0.1) is 18.4 Å². The van der Waals surface area contributed by atoms with Crippen molar-refractivity contribution in [2.24, 2.45) is 0 Å². The minimum Gasteiger partial charge on any atom is -0.469 e. The third-order valence-corrected chi connectivity index (χ3v) is 8.55. The van der Waals surface area contributed by atoms with Crippen molar-refractivity contribution in [3.05, 3.63) is 64.7 Å². The minimum atomic E-state index is -4.19. The smallest absolute Gasteiger partial charge is 0.306 e. The largest absolute Gasteiger partial charge is 0.469 e. The fraction of sp³-hybridized carbons (Fsp3) is 0.364. The molecule has 0 bridgehead atoms. The Balaban J connectivity index is 1.97. The van der Waals surface area contributed by atoms with Gasteiger partial charge >= 0.3 is 5.97 Å². The van der Waals surface area contributed by atoms with Gasteiger partial charge in [0, 0.05) is 30.1 Å². The van der Waals surface area contributed by atoms with Crippen LogP contribution in [0.3, 0.4) is 0 Å². The van der Waals surface area contributed by atoms with Gasteiger partial charge in [0.25, 0.3) is 0 Å². The number of amides is 1. The maximum atomic E-state index is 14.8. The zero-order chi connectivity index (χ0) is 23.5. The first-order valence-corrected chi connectivity index (χ1v) is 11.8. The molecule has 1 saturated heterocycles. The molecule has 10 heteroatoms. The molecular formula is C22H22ClF2NO5S. The minimum absolute atomic E-state index is 0.00276. The van der Waals surface area contributed by atoms with Gasteiger partial charge in [0.1, 0.15) is 16.4 Å². The summed E-state index contributed by atoms with van der Waals surface area (Å²) in [5, 5.41) is 0.334. The molecule has 0 radical (unpaired) electrons. The molecule has 0 unspecified atom stereocenters. The summed E-state index contributed by atoms with van der Waals surface area (Å²) in [4.78, 5) is 25.1. The standard InChI is InChI=1S/C22H22ClF2NO5S/c1-31-21(28)9-8-20(27)26-12-10-22(11-13-26,18-14-16(24)4-7-19(18)25)32(29,30)17-5-2-15(23)3-6-17/h2-7,14H,8-13H2,1H3. The van der Waals surface area contributed by atoms with E-state index in [1.54, 1.807) is 0 Å². The van der Waals surface area contributed by atoms with E-state index in [-0.39, 0.29) is 55.1 Å². The molecule has 2 aromatic carbocycles. The van der Waals surface area contributed by atoms with Gasteiger partial charge in [-0.05, 0) is 55.3 Å². The lowest BCUT2D eigenvalue weighted by atomic mass is 9.87. The molecule has 32 heavy (non-hydrogen) atoms. The number of hydrogen-bond acceptors (Lipinski definition) is 5. The number of carbonyl (C=O) groups excluding carboxylic acids is 2. The van der Waals surface area contributed by atoms with Gasteiger partial charge in [-0.1, -0.05) is 11.6 Å². The maximum Gasteiger partial charge on any atom is 0.306 e. The molecule has 0 spiro atoms. The van der Waals surface area contributed by atoms with Crippen molar-refractivity contribution in [1.29, 1.82) is 0 Å². The number of methoxy groups -OCH3 is 1. The fourth-order valence-electron chi connectivity index (χ4n) is 3.96. The molecule has 0 atom stereocenters. The summed E-state index contributed by atoms with van der Waals surface area (Å²) < 4.78 is 59.1. The van der Waals surface area contributed by atoms with E-state index in [4.69, 9.17) is 11.6 Å². The van der Waals surface area contributed by atoms with Crippen LogP contribution in [-0.4, -0.2) is 45.4 Å². The molecule has 0 N–H and O–H groups in total. The van der Waals surface area contributed by atoms with Crippen LogP contribution in [0.25, 0.3) is 0 Å². The van der Waals surface area contributed by atoms with Crippen LogP contribution in [-0.2, 0) is 28.9 Å². The van der Waals surface area contributed by atoms with Crippen molar-refractivity contribution in [2.45, 2.75) is 35.3 Å². The quantitative estimate of drug-likeness (QED) is 0.580. The number of sulfone groups is 1. The molecule has 0 saturated carbocycles. The summed E-state index contributed by atoms with van der Waals surface area (Å²) in [7, 11) is -2.97. The Kier molecular flexibility index (Phi) is 7.19. The predicted octanol–water partition coefficient (Wildman–Crippen LogP) is 3.86. The molecule has 1 aliphatic rings. The number of piperidine rings is 1. The average Bonchev–Trinajstić information content (AvgIpc) is 2.79. The molecule has 1 heterocycles. The first kappa shape index (κ1) is 24.1. The lowest BCUT2D eigenvalue weighted by Gasteiger charge is -2.41. The molecule has 6 nitrogen and oxygen atoms in total. The number of halogens is 3. The summed E-state index contributed by atoms with van der Waals surface area (Å²) in [6.07, 6.45) is -0.457. The highest BCUT2D eigenvalue weighted by Crippen LogP contribution is 2.45. The topological polar surface area (TPSA) is 80.8 Å². The molecular weight excluding hydrogens is 464 g/mol. The van der Waals surface area contributed by atoms with E-state index in [1.807, 2.05) is 0 Å². The number of rotatable bonds is 6. The van der Waals surface area contributed by atoms with E-state index in [0.29, 0.717) is 5.02 Å². The van der Waals surface area contributed by atoms with Crippen LogP contribution >= 0.6 is 11.6 Å². The van der Waals surface area contributed by atoms with Gasteiger partial charge in [-0.25, -0.2) is 17.2 Å². The number of likely N-dealkylation sites (tertiary alicyclic amines) is 1. The zero-order valence-electron chi connectivity index (χ0n) is 17.3. The van der Waals surface area contributed by atoms with E-state index in [1.165, 1.54) is 36.3 Å². The van der Waals surface area contributed by atoms with Crippen molar-refractivity contribution >= 4 is 33.3 Å². The Morgan fingerprint density at radius 1 is 1.06 bits per heavy atom. The summed E-state index contributed by atoms with van der Waals surface area (Å²) in [6.45, 7) is 0.00551. The second-order valence-electron chi connectivity index (χ2n) is 7.53. The van der Waals surface area contributed by atoms with E-state index >= 15 is 0 Å². The van der Waals surface area contributed by atoms with Crippen molar-refractivity contribution < 1.29 is 31.5 Å². The van der Waals surface area contributed by atoms with Crippen LogP contribution < -0.4 is 0 Å². The van der Waals surface area contributed by atoms with Gasteiger partial charge in [-0.2, -0.15) is 0 Å². The van der Waals surface area contributed by atoms with Gasteiger partial charge in [-0.15, -0.1) is 0 Å². The Labute approximate surface area is 190 Å². The zero-order valence-corrected chi connectivity index (χ0v) is 18.9. The number of ether oxygens (including phenoxy) is 1. The van der Waals surface area contributed by atoms with Crippen LogP contribution in [0.1, 0.15) is 31.2 Å². The highest BCUT2D eigenvalue weighted by Gasteiger charge is 2.50. The Hall–Kier alpha value is -2.52. The van der Waals surface area contributed by atoms with E-state index < -0.39 is 32.2 Å². The lowest BCUT2D eigenvalue weighted by Crippen LogP contribution is -2.49. The number of carbonyl (C=O) groups is 2. The van der Waals surface area contributed by atoms with Crippen molar-refractivity contribution in [3.8, 4) is 0 Å². The van der Waals surface area contributed by atoms with E-state index in [2.05, 4.69) is 4.74 Å². The highest BCUT2D eigenvalue weighted by atomic mass is 35.5. The summed E-state index contributed by atoms with van der Waals surface area (Å²) in [5.41, 5.74) is -0.269. The third kappa shape index (κ3) is 4.63. The molecule has 3 rings (SSSR count). The number of nitrogens with zero attached hydrogens (tertiary/aromatic N) is 1. The molecule has 0 aromatic heterocycles. The van der Waals surface area contributed by atoms with Crippen LogP contribution in [0.4, 0.5) is 8.78 Å². The number of hydrogen-bond donors (Lipinski definition) is 0. The SMILES string of the molecule is COC(=O)CCC(=O)N1CCC(c2cc(F)ccc2F)(S(=O)(=O)c2ccc(Cl)cc2)CC1. The van der Waals surface area contributed by atoms with Gasteiger partial charge in [0.2, 0.25) is 5.91 Å². The van der Waals surface area contributed by atoms with Crippen molar-refractivity contribution in [1.82, 2.24) is 4.90 Å². The first-order valence-electron chi connectivity index (χ1n) is 9.91. The van der Waals surface area contributed by atoms with E-state index in [0.717, 1.165) is 18.2 Å². The van der Waals surface area contributed by atoms with Gasteiger partial charge in [0.15, 0.2) is 9.84 Å².